The first-order valence-corrected chi connectivity index (χ1v) is 6.77. The van der Waals surface area contributed by atoms with E-state index >= 15 is 0 Å². The summed E-state index contributed by atoms with van der Waals surface area (Å²) < 4.78 is 2.26. The van der Waals surface area contributed by atoms with Gasteiger partial charge in [0.15, 0.2) is 0 Å². The molecule has 13 heavy (non-hydrogen) atoms. The molecule has 2 aromatic heterocycles. The van der Waals surface area contributed by atoms with Crippen LogP contribution in [0, 0.1) is 6.92 Å². The molecule has 0 spiro atoms. The summed E-state index contributed by atoms with van der Waals surface area (Å²) >= 11 is 10.3. The van der Waals surface area contributed by atoms with Crippen molar-refractivity contribution in [1.82, 2.24) is 4.98 Å². The predicted molar refractivity (Wildman–Crippen MR) is 65.6 cm³/mol. The molecule has 0 unspecified atom stereocenters. The average Bonchev–Trinajstić information content (AvgIpc) is 2.61. The van der Waals surface area contributed by atoms with Crippen molar-refractivity contribution < 1.29 is 0 Å². The van der Waals surface area contributed by atoms with Crippen LogP contribution >= 0.6 is 54.5 Å². The summed E-state index contributed by atoms with van der Waals surface area (Å²) in [5.41, 5.74) is 1.06. The van der Waals surface area contributed by atoms with Crippen molar-refractivity contribution in [2.24, 2.45) is 0 Å². The third-order valence-electron chi connectivity index (χ3n) is 1.52. The van der Waals surface area contributed by atoms with Gasteiger partial charge in [-0.15, -0.1) is 22.7 Å². The van der Waals surface area contributed by atoms with Gasteiger partial charge in [0, 0.05) is 0 Å². The van der Waals surface area contributed by atoms with Gasteiger partial charge in [-0.3, -0.25) is 0 Å². The monoisotopic (exact) mass is 337 g/mol. The normalized spacial score (nSPS) is 10.7. The Morgan fingerprint density at radius 3 is 2.46 bits per heavy atom. The standard InChI is InChI=1S/C8H5Br2NS2/c1-4-7(10)13-8(11-4)5-2-3-6(9)12-5/h2-3H,1H3. The quantitative estimate of drug-likeness (QED) is 0.734. The van der Waals surface area contributed by atoms with Crippen LogP contribution in [0.4, 0.5) is 0 Å². The van der Waals surface area contributed by atoms with Crippen molar-refractivity contribution in [3.63, 3.8) is 0 Å². The van der Waals surface area contributed by atoms with Crippen LogP contribution < -0.4 is 0 Å². The lowest BCUT2D eigenvalue weighted by atomic mass is 10.5. The maximum absolute atomic E-state index is 4.46. The van der Waals surface area contributed by atoms with E-state index in [0.29, 0.717) is 0 Å². The molecule has 0 radical (unpaired) electrons. The average molecular weight is 339 g/mol. The van der Waals surface area contributed by atoms with E-state index in [-0.39, 0.29) is 0 Å². The minimum absolute atomic E-state index is 1.06. The molecule has 2 rings (SSSR count). The highest BCUT2D eigenvalue weighted by Crippen LogP contribution is 2.36. The van der Waals surface area contributed by atoms with Crippen LogP contribution in [0.25, 0.3) is 9.88 Å². The Balaban J connectivity index is 2.46. The Morgan fingerprint density at radius 1 is 1.23 bits per heavy atom. The van der Waals surface area contributed by atoms with Crippen molar-refractivity contribution in [2.75, 3.05) is 0 Å². The van der Waals surface area contributed by atoms with Crippen molar-refractivity contribution in [2.45, 2.75) is 6.92 Å². The first-order chi connectivity index (χ1) is 6.16. The van der Waals surface area contributed by atoms with E-state index < -0.39 is 0 Å². The zero-order valence-electron chi connectivity index (χ0n) is 6.67. The number of halogens is 2. The summed E-state index contributed by atoms with van der Waals surface area (Å²) in [4.78, 5) is 5.67. The summed E-state index contributed by atoms with van der Waals surface area (Å²) in [6.45, 7) is 2.01. The van der Waals surface area contributed by atoms with Gasteiger partial charge in [-0.25, -0.2) is 4.98 Å². The van der Waals surface area contributed by atoms with Crippen LogP contribution in [0.1, 0.15) is 5.69 Å². The maximum Gasteiger partial charge on any atom is 0.134 e. The molecule has 1 nitrogen and oxygen atoms in total. The molecular weight excluding hydrogens is 334 g/mol. The summed E-state index contributed by atoms with van der Waals surface area (Å²) in [5, 5.41) is 1.08. The van der Waals surface area contributed by atoms with Gasteiger partial charge >= 0.3 is 0 Å². The van der Waals surface area contributed by atoms with Gasteiger partial charge in [0.1, 0.15) is 5.01 Å². The highest BCUT2D eigenvalue weighted by atomic mass is 79.9. The minimum Gasteiger partial charge on any atom is -0.239 e. The molecule has 2 heterocycles. The van der Waals surface area contributed by atoms with Crippen LogP contribution in [-0.4, -0.2) is 4.98 Å². The molecule has 0 bridgehead atoms. The van der Waals surface area contributed by atoms with Crippen LogP contribution in [0.15, 0.2) is 19.7 Å². The van der Waals surface area contributed by atoms with Crippen LogP contribution in [0.2, 0.25) is 0 Å². The minimum atomic E-state index is 1.06. The number of aryl methyl sites for hydroxylation is 1. The zero-order chi connectivity index (χ0) is 9.42. The van der Waals surface area contributed by atoms with E-state index in [1.807, 2.05) is 13.0 Å². The Morgan fingerprint density at radius 2 is 2.00 bits per heavy atom. The number of nitrogens with zero attached hydrogens (tertiary/aromatic N) is 1. The fourth-order valence-electron chi connectivity index (χ4n) is 0.912. The lowest BCUT2D eigenvalue weighted by Crippen LogP contribution is -1.70. The summed E-state index contributed by atoms with van der Waals surface area (Å²) in [7, 11) is 0. The second-order valence-corrected chi connectivity index (χ2v) is 7.26. The maximum atomic E-state index is 4.46. The van der Waals surface area contributed by atoms with E-state index in [4.69, 9.17) is 0 Å². The van der Waals surface area contributed by atoms with Gasteiger partial charge in [0.05, 0.1) is 18.1 Å². The Hall–Kier alpha value is 0.290. The lowest BCUT2D eigenvalue weighted by molar-refractivity contribution is 1.26. The molecule has 68 valence electrons. The van der Waals surface area contributed by atoms with Crippen LogP contribution in [0.5, 0.6) is 0 Å². The van der Waals surface area contributed by atoms with E-state index in [0.717, 1.165) is 18.3 Å². The topological polar surface area (TPSA) is 12.9 Å². The molecule has 0 saturated carbocycles. The zero-order valence-corrected chi connectivity index (χ0v) is 11.5. The summed E-state index contributed by atoms with van der Waals surface area (Å²) in [5.74, 6) is 0. The molecule has 5 heteroatoms. The van der Waals surface area contributed by atoms with Crippen LogP contribution in [0.3, 0.4) is 0 Å². The smallest absolute Gasteiger partial charge is 0.134 e. The molecule has 0 aromatic carbocycles. The highest BCUT2D eigenvalue weighted by Gasteiger charge is 2.08. The number of hydrogen-bond acceptors (Lipinski definition) is 3. The van der Waals surface area contributed by atoms with E-state index in [9.17, 15) is 0 Å². The van der Waals surface area contributed by atoms with Crippen molar-refractivity contribution in [3.05, 3.63) is 25.4 Å². The first-order valence-electron chi connectivity index (χ1n) is 3.55. The SMILES string of the molecule is Cc1nc(-c2ccc(Br)s2)sc1Br. The largest absolute Gasteiger partial charge is 0.239 e. The summed E-state index contributed by atoms with van der Waals surface area (Å²) in [6, 6.07) is 4.13. The van der Waals surface area contributed by atoms with E-state index in [1.54, 1.807) is 22.7 Å². The molecule has 0 aliphatic carbocycles. The fourth-order valence-corrected chi connectivity index (χ4v) is 3.70. The van der Waals surface area contributed by atoms with Crippen molar-refractivity contribution >= 4 is 54.5 Å². The Bertz CT molecular complexity index is 414. The predicted octanol–water partition coefficient (Wildman–Crippen LogP) is 4.71. The van der Waals surface area contributed by atoms with Gasteiger partial charge in [-0.2, -0.15) is 0 Å². The molecule has 0 N–H and O–H groups in total. The summed E-state index contributed by atoms with van der Waals surface area (Å²) in [6.07, 6.45) is 0. The van der Waals surface area contributed by atoms with Crippen molar-refractivity contribution in [3.8, 4) is 9.88 Å². The molecular formula is C8H5Br2NS2. The fraction of sp³-hybridized carbons (Fsp3) is 0.125. The second kappa shape index (κ2) is 3.81. The number of rotatable bonds is 1. The van der Waals surface area contributed by atoms with Gasteiger partial charge in [-0.1, -0.05) is 0 Å². The molecule has 0 aliphatic heterocycles. The number of thiophene rings is 1. The van der Waals surface area contributed by atoms with Crippen molar-refractivity contribution in [1.29, 1.82) is 0 Å². The molecule has 0 aliphatic rings. The van der Waals surface area contributed by atoms with E-state index in [1.165, 1.54) is 4.88 Å². The second-order valence-electron chi connectivity index (χ2n) is 2.48. The van der Waals surface area contributed by atoms with Gasteiger partial charge in [0.25, 0.3) is 0 Å². The lowest BCUT2D eigenvalue weighted by Gasteiger charge is -1.85. The first kappa shape index (κ1) is 9.83. The Labute approximate surface area is 101 Å². The molecule has 2 aromatic rings. The number of hydrogen-bond donors (Lipinski definition) is 0. The Kier molecular flexibility index (Phi) is 2.88. The van der Waals surface area contributed by atoms with Crippen LogP contribution in [-0.2, 0) is 0 Å². The molecule has 0 saturated heterocycles. The third kappa shape index (κ3) is 2.03. The molecule has 0 atom stereocenters. The number of thiazole rings is 1. The van der Waals surface area contributed by atoms with Gasteiger partial charge in [-0.05, 0) is 50.9 Å². The van der Waals surface area contributed by atoms with Gasteiger partial charge in [0.2, 0.25) is 0 Å². The third-order valence-corrected chi connectivity index (χ3v) is 5.32. The molecule has 0 fully saturated rings. The highest BCUT2D eigenvalue weighted by molar-refractivity contribution is 9.11. The van der Waals surface area contributed by atoms with Gasteiger partial charge < -0.3 is 0 Å². The van der Waals surface area contributed by atoms with E-state index in [2.05, 4.69) is 42.9 Å². The number of aromatic nitrogens is 1. The molecule has 0 amide bonds.